The van der Waals surface area contributed by atoms with Crippen LogP contribution in [-0.4, -0.2) is 29.8 Å². The van der Waals surface area contributed by atoms with Gasteiger partial charge in [0.1, 0.15) is 6.07 Å². The van der Waals surface area contributed by atoms with Crippen molar-refractivity contribution in [1.29, 1.82) is 5.26 Å². The molecular formula is C13H17N3O. The van der Waals surface area contributed by atoms with Gasteiger partial charge in [-0.2, -0.15) is 5.26 Å². The number of rotatable bonds is 3. The molecule has 17 heavy (non-hydrogen) atoms. The highest BCUT2D eigenvalue weighted by Crippen LogP contribution is 2.26. The molecule has 1 saturated heterocycles. The van der Waals surface area contributed by atoms with E-state index in [2.05, 4.69) is 16.0 Å². The lowest BCUT2D eigenvalue weighted by atomic mass is 9.94. The average molecular weight is 231 g/mol. The van der Waals surface area contributed by atoms with Crippen molar-refractivity contribution in [1.82, 2.24) is 4.98 Å². The Hall–Kier alpha value is -1.60. The fourth-order valence-corrected chi connectivity index (χ4v) is 2.43. The molecule has 1 aromatic heterocycles. The minimum Gasteiger partial charge on any atom is -0.396 e. The minimum atomic E-state index is 0.247. The number of nitrogens with zero attached hydrogens (tertiary/aromatic N) is 3. The summed E-state index contributed by atoms with van der Waals surface area (Å²) in [7, 11) is 0. The number of hydrogen-bond donors (Lipinski definition) is 1. The van der Waals surface area contributed by atoms with E-state index in [1.54, 1.807) is 18.5 Å². The van der Waals surface area contributed by atoms with E-state index in [1.807, 2.05) is 0 Å². The molecule has 1 aliphatic rings. The zero-order chi connectivity index (χ0) is 12.1. The molecule has 1 atom stereocenters. The van der Waals surface area contributed by atoms with Gasteiger partial charge < -0.3 is 10.0 Å². The first-order valence-corrected chi connectivity index (χ1v) is 6.05. The molecule has 1 unspecified atom stereocenters. The maximum Gasteiger partial charge on any atom is 0.101 e. The molecule has 1 aromatic rings. The number of anilines is 1. The van der Waals surface area contributed by atoms with Crippen LogP contribution in [0.5, 0.6) is 0 Å². The van der Waals surface area contributed by atoms with Crippen molar-refractivity contribution in [3.8, 4) is 6.07 Å². The summed E-state index contributed by atoms with van der Waals surface area (Å²) in [5, 5.41) is 18.1. The number of nitriles is 1. The highest BCUT2D eigenvalue weighted by molar-refractivity contribution is 5.57. The summed E-state index contributed by atoms with van der Waals surface area (Å²) in [5.74, 6) is 0.528. The van der Waals surface area contributed by atoms with Crippen LogP contribution in [0.1, 0.15) is 24.8 Å². The van der Waals surface area contributed by atoms with Crippen molar-refractivity contribution in [3.63, 3.8) is 0 Å². The van der Waals surface area contributed by atoms with Crippen LogP contribution in [0.15, 0.2) is 18.5 Å². The summed E-state index contributed by atoms with van der Waals surface area (Å²) >= 11 is 0. The molecule has 1 fully saturated rings. The molecule has 0 saturated carbocycles. The van der Waals surface area contributed by atoms with E-state index in [9.17, 15) is 0 Å². The zero-order valence-corrected chi connectivity index (χ0v) is 9.84. The second-order valence-corrected chi connectivity index (χ2v) is 4.47. The van der Waals surface area contributed by atoms with Gasteiger partial charge in [0.25, 0.3) is 0 Å². The van der Waals surface area contributed by atoms with E-state index in [0.717, 1.165) is 31.6 Å². The van der Waals surface area contributed by atoms with E-state index < -0.39 is 0 Å². The molecule has 0 radical (unpaired) electrons. The number of pyridine rings is 1. The van der Waals surface area contributed by atoms with Gasteiger partial charge in [0.2, 0.25) is 0 Å². The van der Waals surface area contributed by atoms with Crippen LogP contribution < -0.4 is 4.90 Å². The third kappa shape index (κ3) is 2.75. The number of aromatic nitrogens is 1. The van der Waals surface area contributed by atoms with Gasteiger partial charge >= 0.3 is 0 Å². The Kier molecular flexibility index (Phi) is 3.94. The molecule has 0 aromatic carbocycles. The lowest BCUT2D eigenvalue weighted by molar-refractivity contribution is 0.244. The number of aliphatic hydroxyl groups is 1. The van der Waals surface area contributed by atoms with Gasteiger partial charge in [-0.1, -0.05) is 0 Å². The Balaban J connectivity index is 2.14. The molecule has 2 rings (SSSR count). The monoisotopic (exact) mass is 231 g/mol. The van der Waals surface area contributed by atoms with E-state index in [4.69, 9.17) is 10.4 Å². The fraction of sp³-hybridized carbons (Fsp3) is 0.538. The standard InChI is InChI=1S/C13H17N3O/c14-8-12-3-5-15-9-13(12)16-6-1-2-11(10-16)4-7-17/h3,5,9,11,17H,1-2,4,6-7,10H2. The van der Waals surface area contributed by atoms with Crippen molar-refractivity contribution >= 4 is 5.69 Å². The third-order valence-electron chi connectivity index (χ3n) is 3.32. The van der Waals surface area contributed by atoms with E-state index in [-0.39, 0.29) is 6.61 Å². The summed E-state index contributed by atoms with van der Waals surface area (Å²) < 4.78 is 0. The molecule has 1 N–H and O–H groups in total. The molecule has 90 valence electrons. The van der Waals surface area contributed by atoms with Gasteiger partial charge in [0.15, 0.2) is 0 Å². The average Bonchev–Trinajstić information content (AvgIpc) is 2.39. The summed E-state index contributed by atoms with van der Waals surface area (Å²) in [5.41, 5.74) is 1.61. The summed E-state index contributed by atoms with van der Waals surface area (Å²) in [6.45, 7) is 2.14. The van der Waals surface area contributed by atoms with Crippen molar-refractivity contribution in [2.24, 2.45) is 5.92 Å². The van der Waals surface area contributed by atoms with Crippen molar-refractivity contribution in [2.75, 3.05) is 24.6 Å². The van der Waals surface area contributed by atoms with Gasteiger partial charge in [0, 0.05) is 25.9 Å². The van der Waals surface area contributed by atoms with Gasteiger partial charge in [-0.05, 0) is 31.2 Å². The van der Waals surface area contributed by atoms with Crippen LogP contribution in [0.25, 0.3) is 0 Å². The van der Waals surface area contributed by atoms with Crippen LogP contribution in [0, 0.1) is 17.2 Å². The first-order chi connectivity index (χ1) is 8.35. The van der Waals surface area contributed by atoms with E-state index in [1.165, 1.54) is 6.42 Å². The number of piperidine rings is 1. The zero-order valence-electron chi connectivity index (χ0n) is 9.84. The predicted molar refractivity (Wildman–Crippen MR) is 65.6 cm³/mol. The Morgan fingerprint density at radius 1 is 1.59 bits per heavy atom. The molecule has 0 spiro atoms. The van der Waals surface area contributed by atoms with Crippen LogP contribution >= 0.6 is 0 Å². The highest BCUT2D eigenvalue weighted by Gasteiger charge is 2.21. The van der Waals surface area contributed by atoms with Gasteiger partial charge in [-0.25, -0.2) is 0 Å². The SMILES string of the molecule is N#Cc1ccncc1N1CCCC(CCO)C1. The number of aliphatic hydroxyl groups excluding tert-OH is 1. The molecular weight excluding hydrogens is 214 g/mol. The molecule has 0 bridgehead atoms. The number of hydrogen-bond acceptors (Lipinski definition) is 4. The molecule has 2 heterocycles. The normalized spacial score (nSPS) is 20.0. The van der Waals surface area contributed by atoms with E-state index in [0.29, 0.717) is 11.5 Å². The van der Waals surface area contributed by atoms with Gasteiger partial charge in [-0.15, -0.1) is 0 Å². The minimum absolute atomic E-state index is 0.247. The molecule has 0 aliphatic carbocycles. The lowest BCUT2D eigenvalue weighted by Gasteiger charge is -2.34. The van der Waals surface area contributed by atoms with Crippen LogP contribution in [0.2, 0.25) is 0 Å². The topological polar surface area (TPSA) is 60.2 Å². The maximum absolute atomic E-state index is 9.07. The predicted octanol–water partition coefficient (Wildman–Crippen LogP) is 1.55. The van der Waals surface area contributed by atoms with Crippen LogP contribution in [0.3, 0.4) is 0 Å². The Morgan fingerprint density at radius 2 is 2.47 bits per heavy atom. The first-order valence-electron chi connectivity index (χ1n) is 6.05. The molecule has 4 heteroatoms. The summed E-state index contributed by atoms with van der Waals surface area (Å²) in [6.07, 6.45) is 6.54. The quantitative estimate of drug-likeness (QED) is 0.857. The Morgan fingerprint density at radius 3 is 3.24 bits per heavy atom. The van der Waals surface area contributed by atoms with Crippen LogP contribution in [0.4, 0.5) is 5.69 Å². The maximum atomic E-state index is 9.07. The summed E-state index contributed by atoms with van der Waals surface area (Å²) in [6, 6.07) is 3.96. The van der Waals surface area contributed by atoms with Crippen molar-refractivity contribution < 1.29 is 5.11 Å². The molecule has 1 aliphatic heterocycles. The lowest BCUT2D eigenvalue weighted by Crippen LogP contribution is -2.36. The Bertz CT molecular complexity index is 411. The fourth-order valence-electron chi connectivity index (χ4n) is 2.43. The molecule has 4 nitrogen and oxygen atoms in total. The smallest absolute Gasteiger partial charge is 0.101 e. The molecule has 0 amide bonds. The second kappa shape index (κ2) is 5.65. The van der Waals surface area contributed by atoms with E-state index >= 15 is 0 Å². The van der Waals surface area contributed by atoms with Crippen LogP contribution in [-0.2, 0) is 0 Å². The van der Waals surface area contributed by atoms with Crippen molar-refractivity contribution in [3.05, 3.63) is 24.0 Å². The van der Waals surface area contributed by atoms with Gasteiger partial charge in [-0.3, -0.25) is 4.98 Å². The first kappa shape index (κ1) is 11.9. The largest absolute Gasteiger partial charge is 0.396 e. The highest BCUT2D eigenvalue weighted by atomic mass is 16.3. The van der Waals surface area contributed by atoms with Gasteiger partial charge in [0.05, 0.1) is 17.4 Å². The van der Waals surface area contributed by atoms with Crippen molar-refractivity contribution in [2.45, 2.75) is 19.3 Å². The summed E-state index contributed by atoms with van der Waals surface area (Å²) in [4.78, 5) is 6.31. The second-order valence-electron chi connectivity index (χ2n) is 4.47. The Labute approximate surface area is 102 Å². The third-order valence-corrected chi connectivity index (χ3v) is 3.32.